The molecule has 2 heteroatoms. The molecule has 0 amide bonds. The Kier molecular flexibility index (Phi) is 6.69. The van der Waals surface area contributed by atoms with E-state index in [0.29, 0.717) is 8.27 Å². The first-order valence-corrected chi connectivity index (χ1v) is 11.9. The molecule has 0 saturated heterocycles. The predicted octanol–water partition coefficient (Wildman–Crippen LogP) is 5.17. The van der Waals surface area contributed by atoms with Crippen molar-refractivity contribution in [1.29, 1.82) is 0 Å². The van der Waals surface area contributed by atoms with Crippen LogP contribution < -0.4 is 0 Å². The average molecular weight is 260 g/mol. The Morgan fingerprint density at radius 2 is 1.12 bits per heavy atom. The van der Waals surface area contributed by atoms with Crippen LogP contribution in [0.4, 0.5) is 0 Å². The molecular formula is C14H30P2. The van der Waals surface area contributed by atoms with Gasteiger partial charge in [-0.3, -0.25) is 0 Å². The zero-order valence-corrected chi connectivity index (χ0v) is 13.3. The molecule has 2 rings (SSSR count). The Labute approximate surface area is 105 Å². The second-order valence-corrected chi connectivity index (χ2v) is 11.2. The standard InChI is InChI=1S/C14H30P2/c1-2-6-10-13(9-5-1)15-16-14-11-7-3-4-8-12-14/h13-15H,1-12H2,16H3. The average Bonchev–Trinajstić information content (AvgIpc) is 2.71. The Morgan fingerprint density at radius 1 is 0.625 bits per heavy atom. The van der Waals surface area contributed by atoms with Crippen molar-refractivity contribution in [3.05, 3.63) is 0 Å². The van der Waals surface area contributed by atoms with Gasteiger partial charge in [-0.2, -0.15) is 0 Å². The van der Waals surface area contributed by atoms with Gasteiger partial charge in [-0.1, -0.05) is 0 Å². The topological polar surface area (TPSA) is 0 Å². The second kappa shape index (κ2) is 8.05. The van der Waals surface area contributed by atoms with E-state index in [1.165, 1.54) is 45.3 Å². The van der Waals surface area contributed by atoms with Crippen LogP contribution in [0.25, 0.3) is 0 Å². The molecule has 0 aliphatic heterocycles. The zero-order chi connectivity index (χ0) is 11.1. The van der Waals surface area contributed by atoms with Gasteiger partial charge < -0.3 is 0 Å². The molecule has 0 aromatic carbocycles. The third kappa shape index (κ3) is 5.01. The third-order valence-corrected chi connectivity index (χ3v) is 11.5. The minimum atomic E-state index is 0.311. The van der Waals surface area contributed by atoms with Crippen molar-refractivity contribution in [2.75, 3.05) is 0 Å². The van der Waals surface area contributed by atoms with Crippen LogP contribution in [0, 0.1) is 0 Å². The van der Waals surface area contributed by atoms with Crippen molar-refractivity contribution in [2.45, 2.75) is 88.4 Å². The summed E-state index contributed by atoms with van der Waals surface area (Å²) in [5, 5.41) is 0. The summed E-state index contributed by atoms with van der Waals surface area (Å²) >= 11 is 0. The number of hydrogen-bond acceptors (Lipinski definition) is 0. The van der Waals surface area contributed by atoms with Gasteiger partial charge in [0.05, 0.1) is 0 Å². The first-order chi connectivity index (χ1) is 7.95. The van der Waals surface area contributed by atoms with Crippen molar-refractivity contribution in [2.24, 2.45) is 0 Å². The Morgan fingerprint density at radius 3 is 1.69 bits per heavy atom. The van der Waals surface area contributed by atoms with Gasteiger partial charge in [-0.25, -0.2) is 0 Å². The molecule has 0 N–H and O–H groups in total. The molecule has 0 radical (unpaired) electrons. The van der Waals surface area contributed by atoms with E-state index in [1.54, 1.807) is 51.4 Å². The Balaban J connectivity index is 1.64. The molecule has 0 aromatic rings. The summed E-state index contributed by atoms with van der Waals surface area (Å²) in [5.41, 5.74) is 2.45. The van der Waals surface area contributed by atoms with Crippen molar-refractivity contribution in [3.8, 4) is 0 Å². The fraction of sp³-hybridized carbons (Fsp3) is 1.00. The maximum atomic E-state index is 1.62. The van der Waals surface area contributed by atoms with Crippen molar-refractivity contribution in [1.82, 2.24) is 0 Å². The molecule has 2 fully saturated rings. The first-order valence-electron chi connectivity index (χ1n) is 7.68. The van der Waals surface area contributed by atoms with Crippen LogP contribution in [0.5, 0.6) is 0 Å². The molecule has 16 heavy (non-hydrogen) atoms. The summed E-state index contributed by atoms with van der Waals surface area (Å²) in [6.07, 6.45) is 18.8. The molecule has 0 bridgehead atoms. The van der Waals surface area contributed by atoms with Crippen LogP contribution >= 0.6 is 16.5 Å². The summed E-state index contributed by atoms with van der Waals surface area (Å²) in [4.78, 5) is 0. The summed E-state index contributed by atoms with van der Waals surface area (Å²) in [7, 11) is 1.75. The van der Waals surface area contributed by atoms with E-state index in [-0.39, 0.29) is 0 Å². The van der Waals surface area contributed by atoms with Crippen molar-refractivity contribution >= 4 is 16.5 Å². The molecule has 2 saturated carbocycles. The van der Waals surface area contributed by atoms with Gasteiger partial charge in [0, 0.05) is 0 Å². The minimum absolute atomic E-state index is 0.311. The quantitative estimate of drug-likeness (QED) is 0.485. The monoisotopic (exact) mass is 260 g/mol. The van der Waals surface area contributed by atoms with E-state index in [2.05, 4.69) is 0 Å². The predicted molar refractivity (Wildman–Crippen MR) is 82.4 cm³/mol. The molecule has 0 spiro atoms. The molecular weight excluding hydrogens is 230 g/mol. The SMILES string of the molecule is C1CCCC(P[PH3]C2CCCCCC2)CC1. The van der Waals surface area contributed by atoms with E-state index < -0.39 is 0 Å². The Hall–Kier alpha value is 0.860. The summed E-state index contributed by atoms with van der Waals surface area (Å²) in [6, 6.07) is 0. The second-order valence-electron chi connectivity index (χ2n) is 5.95. The molecule has 0 nitrogen and oxygen atoms in total. The van der Waals surface area contributed by atoms with Crippen LogP contribution in [-0.4, -0.2) is 11.3 Å². The van der Waals surface area contributed by atoms with Crippen LogP contribution in [0.1, 0.15) is 77.0 Å². The van der Waals surface area contributed by atoms with Crippen LogP contribution in [0.2, 0.25) is 0 Å². The molecule has 2 aliphatic rings. The number of hydrogen-bond donors (Lipinski definition) is 0. The Bertz CT molecular complexity index is 146. The molecule has 96 valence electrons. The van der Waals surface area contributed by atoms with E-state index >= 15 is 0 Å². The van der Waals surface area contributed by atoms with E-state index in [9.17, 15) is 0 Å². The van der Waals surface area contributed by atoms with Crippen molar-refractivity contribution < 1.29 is 0 Å². The normalized spacial score (nSPS) is 27.2. The van der Waals surface area contributed by atoms with Crippen LogP contribution in [-0.2, 0) is 0 Å². The third-order valence-electron chi connectivity index (χ3n) is 4.53. The van der Waals surface area contributed by atoms with Gasteiger partial charge in [0.15, 0.2) is 0 Å². The van der Waals surface area contributed by atoms with Gasteiger partial charge in [0.2, 0.25) is 0 Å². The summed E-state index contributed by atoms with van der Waals surface area (Å²) < 4.78 is 0. The molecule has 0 heterocycles. The fourth-order valence-electron chi connectivity index (χ4n) is 3.38. The van der Waals surface area contributed by atoms with Gasteiger partial charge in [0.25, 0.3) is 0 Å². The zero-order valence-electron chi connectivity index (χ0n) is 10.8. The molecule has 1 unspecified atom stereocenters. The van der Waals surface area contributed by atoms with E-state index in [4.69, 9.17) is 0 Å². The molecule has 0 aromatic heterocycles. The molecule has 2 aliphatic carbocycles. The maximum absolute atomic E-state index is 1.62. The van der Waals surface area contributed by atoms with Gasteiger partial charge in [0.1, 0.15) is 0 Å². The van der Waals surface area contributed by atoms with E-state index in [0.717, 1.165) is 0 Å². The van der Waals surface area contributed by atoms with Gasteiger partial charge in [-0.05, 0) is 0 Å². The summed E-state index contributed by atoms with van der Waals surface area (Å²) in [6.45, 7) is 0. The summed E-state index contributed by atoms with van der Waals surface area (Å²) in [5.74, 6) is 0. The fourth-order valence-corrected chi connectivity index (χ4v) is 10.3. The van der Waals surface area contributed by atoms with Gasteiger partial charge >= 0.3 is 105 Å². The van der Waals surface area contributed by atoms with E-state index in [1.807, 2.05) is 0 Å². The van der Waals surface area contributed by atoms with Crippen molar-refractivity contribution in [3.63, 3.8) is 0 Å². The molecule has 1 atom stereocenters. The van der Waals surface area contributed by atoms with Gasteiger partial charge in [-0.15, -0.1) is 0 Å². The number of rotatable bonds is 3. The van der Waals surface area contributed by atoms with Crippen LogP contribution in [0.15, 0.2) is 0 Å². The first kappa shape index (κ1) is 13.3. The van der Waals surface area contributed by atoms with Crippen LogP contribution in [0.3, 0.4) is 0 Å².